The first-order valence-electron chi connectivity index (χ1n) is 9.41. The summed E-state index contributed by atoms with van der Waals surface area (Å²) in [7, 11) is 1.83. The molecular formula is C21H25N5O2S. The Morgan fingerprint density at radius 3 is 2.52 bits per heavy atom. The molecule has 0 unspecified atom stereocenters. The van der Waals surface area contributed by atoms with E-state index in [1.807, 2.05) is 68.8 Å². The van der Waals surface area contributed by atoms with E-state index in [2.05, 4.69) is 14.8 Å². The van der Waals surface area contributed by atoms with E-state index in [-0.39, 0.29) is 23.4 Å². The lowest BCUT2D eigenvalue weighted by Gasteiger charge is -2.12. The van der Waals surface area contributed by atoms with Crippen LogP contribution in [0.4, 0.5) is 0 Å². The molecule has 1 aromatic carbocycles. The monoisotopic (exact) mass is 411 g/mol. The van der Waals surface area contributed by atoms with Crippen molar-refractivity contribution in [3.63, 3.8) is 0 Å². The Hall–Kier alpha value is -2.87. The summed E-state index contributed by atoms with van der Waals surface area (Å²) in [6.45, 7) is 5.84. The molecule has 0 spiro atoms. The topological polar surface area (TPSA) is 95.8 Å². The number of rotatable bonds is 8. The van der Waals surface area contributed by atoms with Gasteiger partial charge in [-0.3, -0.25) is 9.59 Å². The van der Waals surface area contributed by atoms with Gasteiger partial charge in [-0.1, -0.05) is 30.0 Å². The first kappa shape index (κ1) is 20.9. The normalized spacial score (nSPS) is 12.1. The Labute approximate surface area is 174 Å². The smallest absolute Gasteiger partial charge is 0.217 e. The number of benzene rings is 1. The Kier molecular flexibility index (Phi) is 6.22. The fraction of sp³-hybridized carbons (Fsp3) is 0.333. The van der Waals surface area contributed by atoms with Crippen LogP contribution in [0.1, 0.15) is 40.9 Å². The molecule has 0 saturated carbocycles. The SMILES string of the molecule is Cc1cc(C(=O)[C@H](C)Sc2nnc(CCC(N)=O)n2C)c(C)n1-c1ccccc1. The summed E-state index contributed by atoms with van der Waals surface area (Å²) >= 11 is 1.36. The van der Waals surface area contributed by atoms with Crippen LogP contribution in [0, 0.1) is 13.8 Å². The third kappa shape index (κ3) is 4.42. The summed E-state index contributed by atoms with van der Waals surface area (Å²) in [5.74, 6) is 0.347. The number of amides is 1. The fourth-order valence-corrected chi connectivity index (χ4v) is 4.22. The van der Waals surface area contributed by atoms with Crippen molar-refractivity contribution in [2.24, 2.45) is 12.8 Å². The second-order valence-electron chi connectivity index (χ2n) is 7.00. The fourth-order valence-electron chi connectivity index (χ4n) is 3.32. The van der Waals surface area contributed by atoms with E-state index in [0.29, 0.717) is 23.0 Å². The number of para-hydroxylation sites is 1. The van der Waals surface area contributed by atoms with Gasteiger partial charge in [0.15, 0.2) is 10.9 Å². The van der Waals surface area contributed by atoms with E-state index in [4.69, 9.17) is 5.73 Å². The summed E-state index contributed by atoms with van der Waals surface area (Å²) in [5.41, 5.74) is 8.89. The minimum atomic E-state index is -0.375. The number of Topliss-reactive ketones (excluding diaryl/α,β-unsaturated/α-hetero) is 1. The van der Waals surface area contributed by atoms with Gasteiger partial charge in [-0.05, 0) is 39.0 Å². The van der Waals surface area contributed by atoms with Crippen LogP contribution in [0.2, 0.25) is 0 Å². The number of carbonyl (C=O) groups excluding carboxylic acids is 2. The van der Waals surface area contributed by atoms with E-state index in [0.717, 1.165) is 17.1 Å². The summed E-state index contributed by atoms with van der Waals surface area (Å²) in [4.78, 5) is 24.1. The largest absolute Gasteiger partial charge is 0.370 e. The summed E-state index contributed by atoms with van der Waals surface area (Å²) in [5, 5.41) is 8.60. The highest BCUT2D eigenvalue weighted by atomic mass is 32.2. The van der Waals surface area contributed by atoms with Gasteiger partial charge >= 0.3 is 0 Å². The molecule has 0 radical (unpaired) electrons. The maximum absolute atomic E-state index is 13.1. The third-order valence-corrected chi connectivity index (χ3v) is 6.02. The molecule has 3 rings (SSSR count). The third-order valence-electron chi connectivity index (χ3n) is 4.88. The molecule has 2 aromatic heterocycles. The zero-order valence-electron chi connectivity index (χ0n) is 17.0. The lowest BCUT2D eigenvalue weighted by Crippen LogP contribution is -2.16. The highest BCUT2D eigenvalue weighted by Gasteiger charge is 2.24. The van der Waals surface area contributed by atoms with Crippen molar-refractivity contribution < 1.29 is 9.59 Å². The molecule has 2 heterocycles. The molecule has 8 heteroatoms. The summed E-state index contributed by atoms with van der Waals surface area (Å²) in [6.07, 6.45) is 0.649. The molecule has 0 bridgehead atoms. The van der Waals surface area contributed by atoms with Crippen LogP contribution in [0.5, 0.6) is 0 Å². The van der Waals surface area contributed by atoms with Crippen LogP contribution >= 0.6 is 11.8 Å². The number of aromatic nitrogens is 4. The number of aryl methyl sites for hydroxylation is 2. The minimum Gasteiger partial charge on any atom is -0.370 e. The van der Waals surface area contributed by atoms with Crippen molar-refractivity contribution in [2.45, 2.75) is 44.0 Å². The zero-order chi connectivity index (χ0) is 21.1. The molecule has 0 fully saturated rings. The van der Waals surface area contributed by atoms with Gasteiger partial charge in [0.1, 0.15) is 5.82 Å². The van der Waals surface area contributed by atoms with Crippen LogP contribution in [-0.4, -0.2) is 36.3 Å². The van der Waals surface area contributed by atoms with Gasteiger partial charge in [0.05, 0.1) is 5.25 Å². The number of nitrogens with two attached hydrogens (primary N) is 1. The molecule has 2 N–H and O–H groups in total. The Balaban J connectivity index is 1.79. The summed E-state index contributed by atoms with van der Waals surface area (Å²) in [6, 6.07) is 11.9. The molecule has 1 amide bonds. The second kappa shape index (κ2) is 8.65. The highest BCUT2D eigenvalue weighted by molar-refractivity contribution is 8.00. The molecule has 0 aliphatic heterocycles. The maximum atomic E-state index is 13.1. The number of hydrogen-bond acceptors (Lipinski definition) is 5. The lowest BCUT2D eigenvalue weighted by molar-refractivity contribution is -0.118. The van der Waals surface area contributed by atoms with Gasteiger partial charge < -0.3 is 14.9 Å². The Bertz CT molecular complexity index is 1040. The van der Waals surface area contributed by atoms with Crippen molar-refractivity contribution in [1.29, 1.82) is 0 Å². The Morgan fingerprint density at radius 1 is 1.17 bits per heavy atom. The van der Waals surface area contributed by atoms with Gasteiger partial charge in [0.25, 0.3) is 0 Å². The second-order valence-corrected chi connectivity index (χ2v) is 8.31. The van der Waals surface area contributed by atoms with E-state index >= 15 is 0 Å². The van der Waals surface area contributed by atoms with Crippen molar-refractivity contribution >= 4 is 23.5 Å². The van der Waals surface area contributed by atoms with Gasteiger partial charge in [-0.25, -0.2) is 0 Å². The van der Waals surface area contributed by atoms with Gasteiger partial charge in [0, 0.05) is 42.5 Å². The molecule has 152 valence electrons. The van der Waals surface area contributed by atoms with Crippen molar-refractivity contribution in [2.75, 3.05) is 0 Å². The Morgan fingerprint density at radius 2 is 1.86 bits per heavy atom. The molecule has 0 aliphatic rings. The quantitative estimate of drug-likeness (QED) is 0.454. The predicted octanol–water partition coefficient (Wildman–Crippen LogP) is 3.00. The first-order valence-corrected chi connectivity index (χ1v) is 10.3. The predicted molar refractivity (Wildman–Crippen MR) is 113 cm³/mol. The van der Waals surface area contributed by atoms with E-state index in [1.165, 1.54) is 11.8 Å². The molecule has 29 heavy (non-hydrogen) atoms. The molecule has 7 nitrogen and oxygen atoms in total. The van der Waals surface area contributed by atoms with Gasteiger partial charge in [-0.15, -0.1) is 10.2 Å². The van der Waals surface area contributed by atoms with Crippen LogP contribution in [0.25, 0.3) is 5.69 Å². The summed E-state index contributed by atoms with van der Waals surface area (Å²) < 4.78 is 3.90. The van der Waals surface area contributed by atoms with E-state index in [9.17, 15) is 9.59 Å². The van der Waals surface area contributed by atoms with Crippen molar-refractivity contribution in [3.8, 4) is 5.69 Å². The van der Waals surface area contributed by atoms with E-state index < -0.39 is 0 Å². The number of nitrogens with zero attached hydrogens (tertiary/aromatic N) is 4. The average Bonchev–Trinajstić information content (AvgIpc) is 3.19. The number of thioether (sulfide) groups is 1. The minimum absolute atomic E-state index is 0.0481. The zero-order valence-corrected chi connectivity index (χ0v) is 17.9. The maximum Gasteiger partial charge on any atom is 0.217 e. The molecule has 3 aromatic rings. The number of hydrogen-bond donors (Lipinski definition) is 1. The van der Waals surface area contributed by atoms with Crippen LogP contribution in [-0.2, 0) is 18.3 Å². The lowest BCUT2D eigenvalue weighted by atomic mass is 10.1. The first-order chi connectivity index (χ1) is 13.8. The molecule has 0 aliphatic carbocycles. The van der Waals surface area contributed by atoms with Crippen LogP contribution < -0.4 is 5.73 Å². The number of carbonyl (C=O) groups is 2. The average molecular weight is 412 g/mol. The van der Waals surface area contributed by atoms with Gasteiger partial charge in [0.2, 0.25) is 5.91 Å². The van der Waals surface area contributed by atoms with E-state index in [1.54, 1.807) is 0 Å². The number of primary amides is 1. The highest BCUT2D eigenvalue weighted by Crippen LogP contribution is 2.28. The molecule has 1 atom stereocenters. The molecule has 0 saturated heterocycles. The molecular weight excluding hydrogens is 386 g/mol. The van der Waals surface area contributed by atoms with Crippen molar-refractivity contribution in [3.05, 3.63) is 59.2 Å². The number of ketones is 1. The van der Waals surface area contributed by atoms with Crippen molar-refractivity contribution in [1.82, 2.24) is 19.3 Å². The van der Waals surface area contributed by atoms with Gasteiger partial charge in [-0.2, -0.15) is 0 Å². The standard InChI is InChI=1S/C21H25N5O2S/c1-13-12-17(14(2)26(13)16-8-6-5-7-9-16)20(28)15(3)29-21-24-23-19(25(21)4)11-10-18(22)27/h5-9,12,15H,10-11H2,1-4H3,(H2,22,27)/t15-/m0/s1. The van der Waals surface area contributed by atoms with Crippen LogP contribution in [0.3, 0.4) is 0 Å². The van der Waals surface area contributed by atoms with Crippen LogP contribution in [0.15, 0.2) is 41.6 Å².